The maximum absolute atomic E-state index is 9.50. The van der Waals surface area contributed by atoms with Gasteiger partial charge in [0.2, 0.25) is 0 Å². The van der Waals surface area contributed by atoms with Crippen LogP contribution in [0.5, 0.6) is 11.5 Å². The lowest BCUT2D eigenvalue weighted by atomic mass is 10.3. The molecule has 0 aliphatic rings. The van der Waals surface area contributed by atoms with Gasteiger partial charge < -0.3 is 10.2 Å². The number of aromatic nitrogens is 1. The van der Waals surface area contributed by atoms with Crippen molar-refractivity contribution in [2.45, 2.75) is 9.92 Å². The van der Waals surface area contributed by atoms with Crippen molar-refractivity contribution in [2.75, 3.05) is 0 Å². The lowest BCUT2D eigenvalue weighted by molar-refractivity contribution is 0.456. The van der Waals surface area contributed by atoms with Gasteiger partial charge in [-0.2, -0.15) is 0 Å². The van der Waals surface area contributed by atoms with Crippen molar-refractivity contribution in [3.05, 3.63) is 42.6 Å². The first kappa shape index (κ1) is 9.86. The Morgan fingerprint density at radius 3 is 2.67 bits per heavy atom. The molecule has 0 aliphatic carbocycles. The molecule has 2 aromatic rings. The largest absolute Gasteiger partial charge is 0.508 e. The van der Waals surface area contributed by atoms with Crippen LogP contribution in [0.1, 0.15) is 0 Å². The molecule has 0 atom stereocenters. The fourth-order valence-electron chi connectivity index (χ4n) is 1.12. The molecule has 2 rings (SSSR count). The van der Waals surface area contributed by atoms with Crippen molar-refractivity contribution < 1.29 is 10.2 Å². The number of aromatic hydroxyl groups is 2. The second-order valence-electron chi connectivity index (χ2n) is 2.93. The summed E-state index contributed by atoms with van der Waals surface area (Å²) >= 11 is 1.31. The second kappa shape index (κ2) is 4.23. The Hall–Kier alpha value is -1.68. The number of phenolic OH excluding ortho intramolecular Hbond substituents is 1. The van der Waals surface area contributed by atoms with E-state index in [4.69, 9.17) is 0 Å². The third kappa shape index (κ3) is 2.41. The highest BCUT2D eigenvalue weighted by Crippen LogP contribution is 2.33. The number of rotatable bonds is 2. The van der Waals surface area contributed by atoms with Crippen LogP contribution in [0.25, 0.3) is 0 Å². The molecule has 1 aromatic carbocycles. The van der Waals surface area contributed by atoms with Crippen LogP contribution in [-0.2, 0) is 0 Å². The van der Waals surface area contributed by atoms with E-state index < -0.39 is 0 Å². The highest BCUT2D eigenvalue weighted by atomic mass is 32.2. The van der Waals surface area contributed by atoms with Crippen LogP contribution in [0.15, 0.2) is 52.5 Å². The van der Waals surface area contributed by atoms with Crippen LogP contribution < -0.4 is 0 Å². The summed E-state index contributed by atoms with van der Waals surface area (Å²) in [4.78, 5) is 4.87. The first-order valence-electron chi connectivity index (χ1n) is 4.36. The van der Waals surface area contributed by atoms with E-state index >= 15 is 0 Å². The van der Waals surface area contributed by atoms with E-state index in [0.29, 0.717) is 5.03 Å². The number of nitrogens with zero attached hydrogens (tertiary/aromatic N) is 1. The topological polar surface area (TPSA) is 53.4 Å². The first-order chi connectivity index (χ1) is 7.25. The van der Waals surface area contributed by atoms with Crippen LogP contribution in [0.4, 0.5) is 0 Å². The minimum atomic E-state index is 0.144. The predicted molar refractivity (Wildman–Crippen MR) is 58.1 cm³/mol. The second-order valence-corrected chi connectivity index (χ2v) is 3.99. The lowest BCUT2D eigenvalue weighted by Gasteiger charge is -2.02. The van der Waals surface area contributed by atoms with Crippen molar-refractivity contribution in [1.29, 1.82) is 0 Å². The van der Waals surface area contributed by atoms with Crippen LogP contribution in [0.3, 0.4) is 0 Å². The van der Waals surface area contributed by atoms with E-state index in [-0.39, 0.29) is 11.5 Å². The molecular formula is C11H9NO2S. The van der Waals surface area contributed by atoms with Crippen LogP contribution in [0, 0.1) is 0 Å². The normalized spacial score (nSPS) is 10.1. The summed E-state index contributed by atoms with van der Waals surface area (Å²) in [6.45, 7) is 0. The summed E-state index contributed by atoms with van der Waals surface area (Å²) in [5.74, 6) is 0.348. The maximum atomic E-state index is 9.50. The number of pyridine rings is 1. The summed E-state index contributed by atoms with van der Waals surface area (Å²) in [7, 11) is 0. The van der Waals surface area contributed by atoms with Crippen LogP contribution >= 0.6 is 11.8 Å². The molecule has 2 N–H and O–H groups in total. The van der Waals surface area contributed by atoms with Gasteiger partial charge in [0.1, 0.15) is 16.5 Å². The third-order valence-corrected chi connectivity index (χ3v) is 2.78. The fourth-order valence-corrected chi connectivity index (χ4v) is 1.96. The molecule has 0 fully saturated rings. The average molecular weight is 219 g/mol. The Kier molecular flexibility index (Phi) is 2.78. The maximum Gasteiger partial charge on any atom is 0.148 e. The molecule has 0 spiro atoms. The monoisotopic (exact) mass is 219 g/mol. The molecule has 0 saturated carbocycles. The van der Waals surface area contributed by atoms with Gasteiger partial charge in [0.05, 0.1) is 0 Å². The molecule has 0 saturated heterocycles. The number of hydrogen-bond donors (Lipinski definition) is 2. The fraction of sp³-hybridized carbons (Fsp3) is 0. The van der Waals surface area contributed by atoms with Gasteiger partial charge in [-0.1, -0.05) is 17.8 Å². The predicted octanol–water partition coefficient (Wildman–Crippen LogP) is 2.64. The Bertz CT molecular complexity index is 474. The van der Waals surface area contributed by atoms with Crippen molar-refractivity contribution in [2.24, 2.45) is 0 Å². The molecule has 1 aromatic heterocycles. The summed E-state index contributed by atoms with van der Waals surface area (Å²) in [5.41, 5.74) is 0. The average Bonchev–Trinajstić information content (AvgIpc) is 2.22. The van der Waals surface area contributed by atoms with E-state index in [2.05, 4.69) is 4.98 Å². The highest BCUT2D eigenvalue weighted by molar-refractivity contribution is 7.99. The molecule has 15 heavy (non-hydrogen) atoms. The molecule has 3 nitrogen and oxygen atoms in total. The number of phenols is 1. The molecule has 1 heterocycles. The Balaban J connectivity index is 2.26. The molecule has 4 heteroatoms. The Labute approximate surface area is 91.4 Å². The van der Waals surface area contributed by atoms with E-state index in [1.807, 2.05) is 6.07 Å². The highest BCUT2D eigenvalue weighted by Gasteiger charge is 2.04. The molecule has 0 radical (unpaired) electrons. The minimum absolute atomic E-state index is 0.144. The van der Waals surface area contributed by atoms with Gasteiger partial charge in [-0.25, -0.2) is 4.98 Å². The van der Waals surface area contributed by atoms with Gasteiger partial charge in [0.15, 0.2) is 0 Å². The zero-order valence-corrected chi connectivity index (χ0v) is 8.61. The number of hydrogen-bond acceptors (Lipinski definition) is 4. The summed E-state index contributed by atoms with van der Waals surface area (Å²) in [6, 6.07) is 10.1. The third-order valence-electron chi connectivity index (χ3n) is 1.78. The minimum Gasteiger partial charge on any atom is -0.508 e. The van der Waals surface area contributed by atoms with Gasteiger partial charge in [-0.05, 0) is 30.3 Å². The molecular weight excluding hydrogens is 210 g/mol. The van der Waals surface area contributed by atoms with E-state index in [1.165, 1.54) is 11.8 Å². The van der Waals surface area contributed by atoms with Crippen molar-refractivity contribution >= 4 is 11.8 Å². The molecule has 0 aliphatic heterocycles. The van der Waals surface area contributed by atoms with Crippen LogP contribution in [-0.4, -0.2) is 15.2 Å². The SMILES string of the molecule is Oc1cccc(Sc2ncccc2O)c1. The van der Waals surface area contributed by atoms with E-state index in [1.54, 1.807) is 36.5 Å². The van der Waals surface area contributed by atoms with Gasteiger partial charge in [0, 0.05) is 11.1 Å². The van der Waals surface area contributed by atoms with E-state index in [9.17, 15) is 10.2 Å². The smallest absolute Gasteiger partial charge is 0.148 e. The standard InChI is InChI=1S/C11H9NO2S/c13-8-3-1-4-9(7-8)15-11-10(14)5-2-6-12-11/h1-7,13-14H. The summed E-state index contributed by atoms with van der Waals surface area (Å²) < 4.78 is 0. The zero-order chi connectivity index (χ0) is 10.7. The van der Waals surface area contributed by atoms with E-state index in [0.717, 1.165) is 4.90 Å². The van der Waals surface area contributed by atoms with Gasteiger partial charge >= 0.3 is 0 Å². The van der Waals surface area contributed by atoms with Crippen molar-refractivity contribution in [3.63, 3.8) is 0 Å². The Morgan fingerprint density at radius 1 is 1.07 bits per heavy atom. The van der Waals surface area contributed by atoms with Gasteiger partial charge in [0.25, 0.3) is 0 Å². The number of benzene rings is 1. The summed E-state index contributed by atoms with van der Waals surface area (Å²) in [5, 5.41) is 19.3. The molecule has 76 valence electrons. The Morgan fingerprint density at radius 2 is 1.93 bits per heavy atom. The zero-order valence-electron chi connectivity index (χ0n) is 7.79. The lowest BCUT2D eigenvalue weighted by Crippen LogP contribution is -1.79. The summed E-state index contributed by atoms with van der Waals surface area (Å²) in [6.07, 6.45) is 1.62. The van der Waals surface area contributed by atoms with Crippen LogP contribution in [0.2, 0.25) is 0 Å². The molecule has 0 amide bonds. The van der Waals surface area contributed by atoms with Gasteiger partial charge in [-0.15, -0.1) is 0 Å². The van der Waals surface area contributed by atoms with Crippen molar-refractivity contribution in [1.82, 2.24) is 4.98 Å². The first-order valence-corrected chi connectivity index (χ1v) is 5.18. The van der Waals surface area contributed by atoms with Gasteiger partial charge in [-0.3, -0.25) is 0 Å². The molecule has 0 unspecified atom stereocenters. The van der Waals surface area contributed by atoms with Crippen molar-refractivity contribution in [3.8, 4) is 11.5 Å². The molecule has 0 bridgehead atoms. The quantitative estimate of drug-likeness (QED) is 0.815.